The minimum absolute atomic E-state index is 0.461. The summed E-state index contributed by atoms with van der Waals surface area (Å²) in [5.74, 6) is 0. The van der Waals surface area contributed by atoms with E-state index in [1.165, 1.54) is 0 Å². The van der Waals surface area contributed by atoms with E-state index in [0.29, 0.717) is 12.0 Å². The molecule has 1 N–H and O–H groups in total. The molecule has 6 heteroatoms. The van der Waals surface area contributed by atoms with Crippen molar-refractivity contribution in [2.45, 2.75) is 19.5 Å². The van der Waals surface area contributed by atoms with Crippen LogP contribution in [-0.2, 0) is 6.42 Å². The fraction of sp³-hybridized carbons (Fsp3) is 0.0508. The SMILES string of the molecule is C/C=C/C=N\C(=C/Cc1ccc2c(c1)c1cc(-c3ccnc(-c4ccccc4)c3)ccc1n2-c1cc(C#N)ccc1C1N=C(c2ccccc2)C=C(c2ccccc2)N1)c1ccccc1. The topological polar surface area (TPSA) is 78.4 Å². The van der Waals surface area contributed by atoms with Gasteiger partial charge in [0.2, 0.25) is 0 Å². The van der Waals surface area contributed by atoms with Crippen LogP contribution in [-0.4, -0.2) is 21.5 Å². The zero-order valence-electron chi connectivity index (χ0n) is 35.9. The summed E-state index contributed by atoms with van der Waals surface area (Å²) in [6.45, 7) is 1.99. The van der Waals surface area contributed by atoms with Crippen molar-refractivity contribution in [3.05, 3.63) is 252 Å². The summed E-state index contributed by atoms with van der Waals surface area (Å²) in [5.41, 5.74) is 15.7. The van der Waals surface area contributed by atoms with Crippen molar-refractivity contribution < 1.29 is 0 Å². The summed E-state index contributed by atoms with van der Waals surface area (Å²) in [4.78, 5) is 15.0. The molecule has 0 bridgehead atoms. The minimum atomic E-state index is -0.461. The number of hydrogen-bond acceptors (Lipinski definition) is 5. The molecule has 0 saturated heterocycles. The molecule has 6 nitrogen and oxygen atoms in total. The normalized spacial score (nSPS) is 14.1. The smallest absolute Gasteiger partial charge is 0.147 e. The van der Waals surface area contributed by atoms with Crippen molar-refractivity contribution in [3.63, 3.8) is 0 Å². The molecule has 1 aliphatic heterocycles. The van der Waals surface area contributed by atoms with E-state index in [1.54, 1.807) is 0 Å². The van der Waals surface area contributed by atoms with E-state index < -0.39 is 6.17 Å². The van der Waals surface area contributed by atoms with E-state index in [0.717, 1.165) is 94.8 Å². The summed E-state index contributed by atoms with van der Waals surface area (Å²) >= 11 is 0. The second-order valence-corrected chi connectivity index (χ2v) is 15.9. The first-order chi connectivity index (χ1) is 32.1. The van der Waals surface area contributed by atoms with E-state index in [2.05, 4.69) is 143 Å². The van der Waals surface area contributed by atoms with Crippen LogP contribution in [0, 0.1) is 11.3 Å². The zero-order chi connectivity index (χ0) is 44.0. The van der Waals surface area contributed by atoms with Gasteiger partial charge >= 0.3 is 0 Å². The van der Waals surface area contributed by atoms with Crippen LogP contribution in [0.25, 0.3) is 61.3 Å². The summed E-state index contributed by atoms with van der Waals surface area (Å²) in [6.07, 6.45) is 12.2. The molecular weight excluding hydrogens is 793 g/mol. The molecule has 310 valence electrons. The Balaban J connectivity index is 1.16. The largest absolute Gasteiger partial charge is 0.359 e. The quantitative estimate of drug-likeness (QED) is 0.132. The van der Waals surface area contributed by atoms with Gasteiger partial charge in [-0.3, -0.25) is 15.0 Å². The molecule has 0 radical (unpaired) electrons. The maximum atomic E-state index is 10.4. The molecule has 0 saturated carbocycles. The van der Waals surface area contributed by atoms with Crippen LogP contribution in [0.1, 0.15) is 46.5 Å². The average Bonchev–Trinajstić information content (AvgIpc) is 3.71. The van der Waals surface area contributed by atoms with E-state index in [9.17, 15) is 5.26 Å². The molecule has 0 amide bonds. The molecule has 1 aliphatic rings. The molecule has 0 aliphatic carbocycles. The minimum Gasteiger partial charge on any atom is -0.359 e. The first kappa shape index (κ1) is 40.4. The average molecular weight is 837 g/mol. The predicted octanol–water partition coefficient (Wildman–Crippen LogP) is 13.7. The first-order valence-electron chi connectivity index (χ1n) is 21.8. The van der Waals surface area contributed by atoms with E-state index in [1.807, 2.05) is 104 Å². The number of pyridine rings is 1. The third-order valence-corrected chi connectivity index (χ3v) is 11.8. The fourth-order valence-electron chi connectivity index (χ4n) is 8.56. The molecular formula is C59H44N6. The Kier molecular flexibility index (Phi) is 11.4. The monoisotopic (exact) mass is 836 g/mol. The van der Waals surface area contributed by atoms with Crippen molar-refractivity contribution in [3.8, 4) is 34.1 Å². The summed E-state index contributed by atoms with van der Waals surface area (Å²) < 4.78 is 2.31. The van der Waals surface area contributed by atoms with Gasteiger partial charge in [-0.05, 0) is 107 Å². The predicted molar refractivity (Wildman–Crippen MR) is 269 cm³/mol. The number of nitriles is 1. The van der Waals surface area contributed by atoms with Gasteiger partial charge in [0.05, 0.1) is 45.5 Å². The molecule has 1 atom stereocenters. The number of nitrogens with one attached hydrogen (secondary N) is 1. The third kappa shape index (κ3) is 8.47. The first-order valence-corrected chi connectivity index (χ1v) is 21.8. The van der Waals surface area contributed by atoms with Crippen LogP contribution < -0.4 is 5.32 Å². The van der Waals surface area contributed by atoms with Crippen molar-refractivity contribution in [2.24, 2.45) is 9.98 Å². The molecule has 2 aromatic heterocycles. The second-order valence-electron chi connectivity index (χ2n) is 15.9. The van der Waals surface area contributed by atoms with Crippen molar-refractivity contribution in [1.82, 2.24) is 14.9 Å². The number of nitrogens with zero attached hydrogens (tertiary/aromatic N) is 5. The number of benzene rings is 7. The number of rotatable bonds is 11. The Hall–Kier alpha value is -8.66. The highest BCUT2D eigenvalue weighted by Gasteiger charge is 2.25. The molecule has 3 heterocycles. The third-order valence-electron chi connectivity index (χ3n) is 11.8. The van der Waals surface area contributed by atoms with Crippen LogP contribution in [0.5, 0.6) is 0 Å². The van der Waals surface area contributed by atoms with Crippen molar-refractivity contribution in [1.29, 1.82) is 5.26 Å². The van der Waals surface area contributed by atoms with Crippen LogP contribution in [0.2, 0.25) is 0 Å². The van der Waals surface area contributed by atoms with Crippen molar-refractivity contribution in [2.75, 3.05) is 0 Å². The van der Waals surface area contributed by atoms with E-state index in [4.69, 9.17) is 15.0 Å². The Morgan fingerprint density at radius 1 is 0.677 bits per heavy atom. The lowest BCUT2D eigenvalue weighted by atomic mass is 10.00. The van der Waals surface area contributed by atoms with Gasteiger partial charge in [0.15, 0.2) is 0 Å². The van der Waals surface area contributed by atoms with Crippen LogP contribution in [0.4, 0.5) is 0 Å². The molecule has 7 aromatic carbocycles. The number of hydrogen-bond donors (Lipinski definition) is 1. The van der Waals surface area contributed by atoms with Gasteiger partial charge in [0.1, 0.15) is 6.17 Å². The molecule has 0 spiro atoms. The highest BCUT2D eigenvalue weighted by Crippen LogP contribution is 2.39. The summed E-state index contributed by atoms with van der Waals surface area (Å²) in [5, 5.41) is 16.4. The highest BCUT2D eigenvalue weighted by molar-refractivity contribution is 6.13. The lowest BCUT2D eigenvalue weighted by Gasteiger charge is -2.27. The summed E-state index contributed by atoms with van der Waals surface area (Å²) in [7, 11) is 0. The van der Waals surface area contributed by atoms with E-state index >= 15 is 0 Å². The molecule has 0 fully saturated rings. The van der Waals surface area contributed by atoms with E-state index in [-0.39, 0.29) is 0 Å². The molecule has 9 aromatic rings. The lowest BCUT2D eigenvalue weighted by molar-refractivity contribution is 0.660. The number of aliphatic imine (C=N–C) groups is 2. The van der Waals surface area contributed by atoms with Crippen LogP contribution >= 0.6 is 0 Å². The number of fused-ring (bicyclic) bond motifs is 3. The number of allylic oxidation sites excluding steroid dienone is 4. The van der Waals surface area contributed by atoms with Crippen LogP contribution in [0.3, 0.4) is 0 Å². The molecule has 10 rings (SSSR count). The number of aromatic nitrogens is 2. The lowest BCUT2D eigenvalue weighted by Crippen LogP contribution is -2.26. The van der Waals surface area contributed by atoms with Crippen LogP contribution in [0.15, 0.2) is 229 Å². The van der Waals surface area contributed by atoms with Gasteiger partial charge in [0, 0.05) is 40.0 Å². The van der Waals surface area contributed by atoms with Crippen molar-refractivity contribution >= 4 is 45.1 Å². The zero-order valence-corrected chi connectivity index (χ0v) is 35.9. The Labute approximate surface area is 379 Å². The van der Waals surface area contributed by atoms with Gasteiger partial charge in [-0.15, -0.1) is 0 Å². The van der Waals surface area contributed by atoms with Gasteiger partial charge in [-0.2, -0.15) is 5.26 Å². The molecule has 65 heavy (non-hydrogen) atoms. The maximum absolute atomic E-state index is 10.4. The Morgan fingerprint density at radius 2 is 1.34 bits per heavy atom. The fourth-order valence-corrected chi connectivity index (χ4v) is 8.56. The summed E-state index contributed by atoms with van der Waals surface area (Å²) in [6, 6.07) is 67.3. The standard InChI is InChI=1S/C59H44N6/c1-2-3-33-61-52(43-16-8-4-9-17-43)29-25-41-26-30-56-50(35-41)51-37-47(48-32-34-62-53(38-48)44-18-10-5-11-19-44)27-31-57(51)65(56)58-36-42(40-60)24-28-49(58)59-63-54(45-20-12-6-13-21-45)39-55(64-59)46-22-14-7-15-23-46/h2-24,26-39,59,63H,25H2,1H3/b3-2+,52-29-,61-33-. The van der Waals surface area contributed by atoms with Gasteiger partial charge in [-0.25, -0.2) is 0 Å². The Morgan fingerprint density at radius 3 is 2.06 bits per heavy atom. The van der Waals surface area contributed by atoms with Gasteiger partial charge in [-0.1, -0.05) is 152 Å². The molecule has 1 unspecified atom stereocenters. The maximum Gasteiger partial charge on any atom is 0.147 e. The second kappa shape index (κ2) is 18.4. The van der Waals surface area contributed by atoms with Gasteiger partial charge < -0.3 is 9.88 Å². The Bertz CT molecular complexity index is 3370. The van der Waals surface area contributed by atoms with Gasteiger partial charge in [0.25, 0.3) is 0 Å². The highest BCUT2D eigenvalue weighted by atomic mass is 15.1.